The number of unbranched alkanes of at least 4 members (excludes halogenated alkanes) is 1. The number of benzene rings is 2. The Bertz CT molecular complexity index is 976. The number of hydrogen-bond donors (Lipinski definition) is 1. The number of carbonyl (C=O) groups excluding carboxylic acids is 2. The minimum Gasteiger partial charge on any atom is -0.352 e. The van der Waals surface area contributed by atoms with Crippen molar-refractivity contribution in [2.24, 2.45) is 0 Å². The van der Waals surface area contributed by atoms with Crippen LogP contribution in [-0.4, -0.2) is 54.1 Å². The molecule has 2 amide bonds. The van der Waals surface area contributed by atoms with Gasteiger partial charge in [0.15, 0.2) is 0 Å². The third-order valence-corrected chi connectivity index (χ3v) is 6.99. The van der Waals surface area contributed by atoms with Gasteiger partial charge in [-0.15, -0.1) is 0 Å². The van der Waals surface area contributed by atoms with Crippen LogP contribution in [-0.2, 0) is 10.8 Å². The maximum Gasteiger partial charge on any atom is 0.259 e. The van der Waals surface area contributed by atoms with E-state index in [0.29, 0.717) is 39.7 Å². The van der Waals surface area contributed by atoms with Crippen LogP contribution in [0.3, 0.4) is 0 Å². The molecule has 0 saturated heterocycles. The lowest BCUT2D eigenvalue weighted by atomic mass is 10.1. The fourth-order valence-corrected chi connectivity index (χ4v) is 5.06. The van der Waals surface area contributed by atoms with Crippen LogP contribution in [0.15, 0.2) is 52.3 Å². The van der Waals surface area contributed by atoms with Gasteiger partial charge in [-0.25, -0.2) is 4.21 Å². The highest BCUT2D eigenvalue weighted by atomic mass is 32.2. The molecule has 0 fully saturated rings. The quantitative estimate of drug-likeness (QED) is 0.603. The Morgan fingerprint density at radius 2 is 1.81 bits per heavy atom. The third kappa shape index (κ3) is 5.22. The summed E-state index contributed by atoms with van der Waals surface area (Å²) in [6.45, 7) is 7.05. The lowest BCUT2D eigenvalue weighted by molar-refractivity contribution is 0.0948. The Morgan fingerprint density at radius 1 is 1.06 bits per heavy atom. The highest BCUT2D eigenvalue weighted by Crippen LogP contribution is 2.34. The highest BCUT2D eigenvalue weighted by Gasteiger charge is 2.30. The number of anilines is 1. The molecular formula is C24H31N3O3S. The number of hydrogen-bond acceptors (Lipinski definition) is 4. The lowest BCUT2D eigenvalue weighted by Gasteiger charge is -2.21. The van der Waals surface area contributed by atoms with Gasteiger partial charge in [-0.05, 0) is 70.2 Å². The summed E-state index contributed by atoms with van der Waals surface area (Å²) in [5.41, 5.74) is 1.44. The van der Waals surface area contributed by atoms with E-state index in [1.54, 1.807) is 47.4 Å². The van der Waals surface area contributed by atoms with Crippen LogP contribution in [0.25, 0.3) is 0 Å². The average molecular weight is 442 g/mol. The van der Waals surface area contributed by atoms with Gasteiger partial charge in [0.05, 0.1) is 31.8 Å². The molecule has 31 heavy (non-hydrogen) atoms. The van der Waals surface area contributed by atoms with Gasteiger partial charge >= 0.3 is 0 Å². The maximum atomic E-state index is 13.2. The Hall–Kier alpha value is -2.51. The van der Waals surface area contributed by atoms with E-state index in [0.717, 1.165) is 19.5 Å². The molecule has 0 aromatic heterocycles. The van der Waals surface area contributed by atoms with Crippen LogP contribution in [0.4, 0.5) is 5.69 Å². The molecule has 0 saturated carbocycles. The summed E-state index contributed by atoms with van der Waals surface area (Å²) in [6.07, 6.45) is 3.22. The lowest BCUT2D eigenvalue weighted by Crippen LogP contribution is -2.31. The Labute approximate surface area is 187 Å². The van der Waals surface area contributed by atoms with Crippen LogP contribution in [0.5, 0.6) is 0 Å². The molecule has 1 unspecified atom stereocenters. The van der Waals surface area contributed by atoms with Crippen molar-refractivity contribution in [1.29, 1.82) is 0 Å². The molecule has 1 atom stereocenters. The molecule has 0 radical (unpaired) electrons. The summed E-state index contributed by atoms with van der Waals surface area (Å²) in [6, 6.07) is 12.1. The molecule has 3 rings (SSSR count). The standard InChI is InChI=1S/C24H31N3O3S/c1-4-6-15-26(3)16-9-14-25-23(28)18-12-13-22-20(17-18)27(5-2)24(29)19-10-7-8-11-21(19)31(22)30/h7-8,10-13,17H,4-6,9,14-16H2,1-3H3,(H,25,28). The Balaban J connectivity index is 1.75. The SMILES string of the molecule is CCCCN(C)CCCNC(=O)c1ccc2c(c1)N(CC)C(=O)c1ccccc1S2=O. The van der Waals surface area contributed by atoms with Crippen LogP contribution in [0.2, 0.25) is 0 Å². The van der Waals surface area contributed by atoms with Crippen LogP contribution in [0, 0.1) is 0 Å². The van der Waals surface area contributed by atoms with Crippen molar-refractivity contribution >= 4 is 28.3 Å². The molecule has 1 heterocycles. The van der Waals surface area contributed by atoms with Crippen molar-refractivity contribution < 1.29 is 13.8 Å². The van der Waals surface area contributed by atoms with E-state index in [1.807, 2.05) is 6.92 Å². The van der Waals surface area contributed by atoms with Gasteiger partial charge in [-0.2, -0.15) is 0 Å². The molecule has 2 aromatic rings. The first-order chi connectivity index (χ1) is 15.0. The van der Waals surface area contributed by atoms with E-state index in [4.69, 9.17) is 0 Å². The first-order valence-electron chi connectivity index (χ1n) is 10.9. The zero-order chi connectivity index (χ0) is 22.4. The predicted octanol–water partition coefficient (Wildman–Crippen LogP) is 3.69. The highest BCUT2D eigenvalue weighted by molar-refractivity contribution is 7.85. The smallest absolute Gasteiger partial charge is 0.259 e. The molecule has 1 N–H and O–H groups in total. The van der Waals surface area contributed by atoms with E-state index in [2.05, 4.69) is 24.2 Å². The van der Waals surface area contributed by atoms with Gasteiger partial charge in [0.25, 0.3) is 11.8 Å². The second-order valence-electron chi connectivity index (χ2n) is 7.76. The summed E-state index contributed by atoms with van der Waals surface area (Å²) in [4.78, 5) is 30.7. The van der Waals surface area contributed by atoms with Crippen LogP contribution >= 0.6 is 0 Å². The Kier molecular flexibility index (Phi) is 7.98. The Morgan fingerprint density at radius 3 is 2.55 bits per heavy atom. The van der Waals surface area contributed by atoms with Gasteiger partial charge in [0.2, 0.25) is 0 Å². The number of rotatable bonds is 9. The summed E-state index contributed by atoms with van der Waals surface area (Å²) in [7, 11) is 0.609. The van der Waals surface area contributed by atoms with E-state index >= 15 is 0 Å². The minimum atomic E-state index is -1.49. The fourth-order valence-electron chi connectivity index (χ4n) is 3.71. The maximum absolute atomic E-state index is 13.2. The minimum absolute atomic E-state index is 0.185. The largest absolute Gasteiger partial charge is 0.352 e. The molecular weight excluding hydrogens is 410 g/mol. The monoisotopic (exact) mass is 441 g/mol. The van der Waals surface area contributed by atoms with Crippen LogP contribution < -0.4 is 10.2 Å². The molecule has 0 bridgehead atoms. The molecule has 6 nitrogen and oxygen atoms in total. The second kappa shape index (κ2) is 10.7. The van der Waals surface area contributed by atoms with Crippen molar-refractivity contribution in [3.63, 3.8) is 0 Å². The normalized spacial score (nSPS) is 15.4. The summed E-state index contributed by atoms with van der Waals surface area (Å²) < 4.78 is 13.2. The second-order valence-corrected chi connectivity index (χ2v) is 9.18. The number of fused-ring (bicyclic) bond motifs is 2. The van der Waals surface area contributed by atoms with Crippen molar-refractivity contribution in [3.8, 4) is 0 Å². The topological polar surface area (TPSA) is 69.7 Å². The zero-order valence-electron chi connectivity index (χ0n) is 18.5. The van der Waals surface area contributed by atoms with Crippen molar-refractivity contribution in [1.82, 2.24) is 10.2 Å². The number of nitrogens with zero attached hydrogens (tertiary/aromatic N) is 2. The first-order valence-corrected chi connectivity index (χ1v) is 12.1. The number of nitrogens with one attached hydrogen (secondary N) is 1. The van der Waals surface area contributed by atoms with E-state index in [-0.39, 0.29) is 11.8 Å². The number of carbonyl (C=O) groups is 2. The average Bonchev–Trinajstić information content (AvgIpc) is 2.88. The van der Waals surface area contributed by atoms with Gasteiger partial charge < -0.3 is 15.1 Å². The molecule has 166 valence electrons. The molecule has 0 spiro atoms. The summed E-state index contributed by atoms with van der Waals surface area (Å²) in [5, 5.41) is 2.96. The zero-order valence-corrected chi connectivity index (χ0v) is 19.3. The summed E-state index contributed by atoms with van der Waals surface area (Å²) in [5.74, 6) is -0.382. The van der Waals surface area contributed by atoms with Crippen molar-refractivity contribution in [3.05, 3.63) is 53.6 Å². The molecule has 0 aliphatic carbocycles. The van der Waals surface area contributed by atoms with E-state index in [1.165, 1.54) is 12.8 Å². The fraction of sp³-hybridized carbons (Fsp3) is 0.417. The predicted molar refractivity (Wildman–Crippen MR) is 124 cm³/mol. The van der Waals surface area contributed by atoms with Gasteiger partial charge in [0.1, 0.15) is 0 Å². The molecule has 1 aliphatic heterocycles. The van der Waals surface area contributed by atoms with E-state index in [9.17, 15) is 13.8 Å². The van der Waals surface area contributed by atoms with Gasteiger partial charge in [-0.1, -0.05) is 25.5 Å². The van der Waals surface area contributed by atoms with Crippen molar-refractivity contribution in [2.45, 2.75) is 42.9 Å². The molecule has 1 aliphatic rings. The number of amides is 2. The molecule has 7 heteroatoms. The van der Waals surface area contributed by atoms with Gasteiger partial charge in [-0.3, -0.25) is 9.59 Å². The molecule has 2 aromatic carbocycles. The van der Waals surface area contributed by atoms with Gasteiger partial charge in [0, 0.05) is 18.7 Å². The van der Waals surface area contributed by atoms with Crippen molar-refractivity contribution in [2.75, 3.05) is 38.1 Å². The third-order valence-electron chi connectivity index (χ3n) is 5.49. The first kappa shape index (κ1) is 23.2. The van der Waals surface area contributed by atoms with Crippen LogP contribution in [0.1, 0.15) is 53.8 Å². The van der Waals surface area contributed by atoms with E-state index < -0.39 is 10.8 Å². The summed E-state index contributed by atoms with van der Waals surface area (Å²) >= 11 is 0.